The van der Waals surface area contributed by atoms with Crippen molar-refractivity contribution in [1.82, 2.24) is 4.90 Å². The zero-order chi connectivity index (χ0) is 25.8. The lowest BCUT2D eigenvalue weighted by Crippen LogP contribution is -2.60. The van der Waals surface area contributed by atoms with Gasteiger partial charge in [-0.25, -0.2) is 0 Å². The number of aliphatic hydroxyl groups is 4. The molecule has 1 amide bonds. The number of amides is 1. The van der Waals surface area contributed by atoms with E-state index in [4.69, 9.17) is 25.8 Å². The molecule has 9 nitrogen and oxygen atoms in total. The molecule has 10 heteroatoms. The Hall–Kier alpha value is -2.40. The van der Waals surface area contributed by atoms with E-state index < -0.39 is 37.3 Å². The molecule has 2 fully saturated rings. The van der Waals surface area contributed by atoms with Crippen molar-refractivity contribution in [2.24, 2.45) is 0 Å². The molecular weight excluding hydrogens is 490 g/mol. The van der Waals surface area contributed by atoms with E-state index in [0.717, 1.165) is 29.7 Å². The van der Waals surface area contributed by atoms with Gasteiger partial charge >= 0.3 is 0 Å². The first-order chi connectivity index (χ1) is 17.2. The fourth-order valence-corrected chi connectivity index (χ4v) is 4.63. The molecule has 2 aromatic rings. The summed E-state index contributed by atoms with van der Waals surface area (Å²) in [7, 11) is 0. The van der Waals surface area contributed by atoms with Crippen molar-refractivity contribution in [3.8, 4) is 11.5 Å². The van der Waals surface area contributed by atoms with Gasteiger partial charge in [-0.3, -0.25) is 4.79 Å². The summed E-state index contributed by atoms with van der Waals surface area (Å²) < 4.78 is 17.2. The predicted octanol–water partition coefficient (Wildman–Crippen LogP) is 1.50. The third kappa shape index (κ3) is 6.29. The lowest BCUT2D eigenvalue weighted by Gasteiger charge is -2.39. The van der Waals surface area contributed by atoms with Crippen LogP contribution in [0.1, 0.15) is 30.9 Å². The van der Waals surface area contributed by atoms with Crippen LogP contribution in [0.3, 0.4) is 0 Å². The van der Waals surface area contributed by atoms with Crippen molar-refractivity contribution in [2.45, 2.75) is 63.0 Å². The SMILES string of the molecule is CC(=O)N1CCC(Oc2ccc(Cc3cc(O[C@@H]4O[C@H](CO)[C@@H](O)[C@H](O)[C@H]4O)ccc3Cl)cc2)CC1. The van der Waals surface area contributed by atoms with Crippen molar-refractivity contribution in [3.05, 3.63) is 58.6 Å². The van der Waals surface area contributed by atoms with Gasteiger partial charge in [0, 0.05) is 37.9 Å². The second-order valence-corrected chi connectivity index (χ2v) is 9.62. The molecule has 36 heavy (non-hydrogen) atoms. The molecule has 2 aliphatic rings. The lowest BCUT2D eigenvalue weighted by molar-refractivity contribution is -0.277. The van der Waals surface area contributed by atoms with Gasteiger partial charge < -0.3 is 39.5 Å². The van der Waals surface area contributed by atoms with E-state index in [1.54, 1.807) is 25.1 Å². The molecular formula is C26H32ClNO8. The van der Waals surface area contributed by atoms with Crippen LogP contribution in [0.5, 0.6) is 11.5 Å². The van der Waals surface area contributed by atoms with Gasteiger partial charge in [-0.15, -0.1) is 0 Å². The normalized spacial score (nSPS) is 27.1. The van der Waals surface area contributed by atoms with Crippen molar-refractivity contribution >= 4 is 17.5 Å². The highest BCUT2D eigenvalue weighted by Gasteiger charge is 2.44. The monoisotopic (exact) mass is 521 g/mol. The Morgan fingerprint density at radius 3 is 2.31 bits per heavy atom. The summed E-state index contributed by atoms with van der Waals surface area (Å²) in [6.07, 6.45) is -4.59. The molecule has 0 spiro atoms. The van der Waals surface area contributed by atoms with Crippen LogP contribution in [0.2, 0.25) is 5.02 Å². The molecule has 0 aromatic heterocycles. The minimum atomic E-state index is -1.52. The number of nitrogens with zero attached hydrogens (tertiary/aromatic N) is 1. The van der Waals surface area contributed by atoms with Crippen molar-refractivity contribution in [2.75, 3.05) is 19.7 Å². The quantitative estimate of drug-likeness (QED) is 0.431. The largest absolute Gasteiger partial charge is 0.490 e. The summed E-state index contributed by atoms with van der Waals surface area (Å²) in [5, 5.41) is 40.0. The second kappa shape index (κ2) is 11.8. The maximum Gasteiger partial charge on any atom is 0.229 e. The van der Waals surface area contributed by atoms with E-state index in [1.165, 1.54) is 0 Å². The first-order valence-electron chi connectivity index (χ1n) is 12.0. The van der Waals surface area contributed by atoms with Gasteiger partial charge in [0.1, 0.15) is 42.0 Å². The Morgan fingerprint density at radius 2 is 1.67 bits per heavy atom. The van der Waals surface area contributed by atoms with E-state index in [0.29, 0.717) is 30.3 Å². The van der Waals surface area contributed by atoms with E-state index in [1.807, 2.05) is 29.2 Å². The highest BCUT2D eigenvalue weighted by atomic mass is 35.5. The van der Waals surface area contributed by atoms with Gasteiger partial charge in [0.25, 0.3) is 0 Å². The summed E-state index contributed by atoms with van der Waals surface area (Å²) in [6.45, 7) is 2.47. The van der Waals surface area contributed by atoms with Crippen LogP contribution in [-0.4, -0.2) is 87.7 Å². The maximum atomic E-state index is 11.5. The summed E-state index contributed by atoms with van der Waals surface area (Å²) >= 11 is 6.40. The van der Waals surface area contributed by atoms with Crippen molar-refractivity contribution < 1.29 is 39.4 Å². The van der Waals surface area contributed by atoms with Crippen LogP contribution in [0, 0.1) is 0 Å². The Labute approximate surface area is 214 Å². The average molecular weight is 522 g/mol. The topological polar surface area (TPSA) is 129 Å². The van der Waals surface area contributed by atoms with Crippen LogP contribution >= 0.6 is 11.6 Å². The zero-order valence-electron chi connectivity index (χ0n) is 20.0. The van der Waals surface area contributed by atoms with Gasteiger partial charge in [0.05, 0.1) is 6.61 Å². The number of piperidine rings is 1. The predicted molar refractivity (Wildman–Crippen MR) is 131 cm³/mol. The number of hydrogen-bond acceptors (Lipinski definition) is 8. The van der Waals surface area contributed by atoms with Gasteiger partial charge in [-0.1, -0.05) is 23.7 Å². The number of carbonyl (C=O) groups excluding carboxylic acids is 1. The molecule has 4 rings (SSSR count). The van der Waals surface area contributed by atoms with E-state index in [-0.39, 0.29) is 12.0 Å². The van der Waals surface area contributed by atoms with Gasteiger partial charge in [0.15, 0.2) is 0 Å². The molecule has 2 aliphatic heterocycles. The van der Waals surface area contributed by atoms with Crippen LogP contribution < -0.4 is 9.47 Å². The average Bonchev–Trinajstić information content (AvgIpc) is 2.87. The zero-order valence-corrected chi connectivity index (χ0v) is 20.8. The van der Waals surface area contributed by atoms with Crippen LogP contribution in [-0.2, 0) is 16.0 Å². The summed E-state index contributed by atoms with van der Waals surface area (Å²) in [5.74, 6) is 1.22. The Bertz CT molecular complexity index is 1030. The molecule has 0 radical (unpaired) electrons. The number of carbonyl (C=O) groups is 1. The molecule has 5 atom stereocenters. The minimum Gasteiger partial charge on any atom is -0.490 e. The van der Waals surface area contributed by atoms with Crippen LogP contribution in [0.25, 0.3) is 0 Å². The summed E-state index contributed by atoms with van der Waals surface area (Å²) in [4.78, 5) is 13.3. The van der Waals surface area contributed by atoms with Gasteiger partial charge in [-0.2, -0.15) is 0 Å². The Morgan fingerprint density at radius 1 is 1.00 bits per heavy atom. The highest BCUT2D eigenvalue weighted by molar-refractivity contribution is 6.31. The third-order valence-corrected chi connectivity index (χ3v) is 6.99. The molecule has 2 heterocycles. The second-order valence-electron chi connectivity index (χ2n) is 9.21. The van der Waals surface area contributed by atoms with Crippen LogP contribution in [0.15, 0.2) is 42.5 Å². The number of halogens is 1. The van der Waals surface area contributed by atoms with Crippen LogP contribution in [0.4, 0.5) is 0 Å². The Balaban J connectivity index is 1.37. The molecule has 0 bridgehead atoms. The number of likely N-dealkylation sites (tertiary alicyclic amines) is 1. The van der Waals surface area contributed by atoms with E-state index in [2.05, 4.69) is 0 Å². The standard InChI is InChI=1S/C26H32ClNO8/c1-15(30)28-10-8-19(9-11-28)34-18-4-2-16(3-5-18)12-17-13-20(6-7-21(17)27)35-26-25(33)24(32)23(31)22(14-29)36-26/h2-7,13,19,22-26,29,31-33H,8-12,14H2,1H3/t22-,23-,24+,25-,26-/m1/s1. The minimum absolute atomic E-state index is 0.0807. The lowest BCUT2D eigenvalue weighted by atomic mass is 9.99. The number of ether oxygens (including phenoxy) is 3. The van der Waals surface area contributed by atoms with Gasteiger partial charge in [-0.05, 0) is 47.9 Å². The third-order valence-electron chi connectivity index (χ3n) is 6.63. The molecule has 0 unspecified atom stereocenters. The molecule has 0 saturated carbocycles. The first kappa shape index (κ1) is 26.7. The fraction of sp³-hybridized carbons (Fsp3) is 0.500. The molecule has 0 aliphatic carbocycles. The van der Waals surface area contributed by atoms with E-state index in [9.17, 15) is 25.2 Å². The molecule has 2 saturated heterocycles. The number of hydrogen-bond donors (Lipinski definition) is 4. The molecule has 196 valence electrons. The van der Waals surface area contributed by atoms with E-state index >= 15 is 0 Å². The number of benzene rings is 2. The van der Waals surface area contributed by atoms with Gasteiger partial charge in [0.2, 0.25) is 12.2 Å². The molecule has 2 aromatic carbocycles. The number of rotatable bonds is 7. The number of aliphatic hydroxyl groups excluding tert-OH is 4. The summed E-state index contributed by atoms with van der Waals surface area (Å²) in [6, 6.07) is 12.7. The summed E-state index contributed by atoms with van der Waals surface area (Å²) in [5.41, 5.74) is 1.78. The van der Waals surface area contributed by atoms with Crippen molar-refractivity contribution in [3.63, 3.8) is 0 Å². The highest BCUT2D eigenvalue weighted by Crippen LogP contribution is 2.29. The smallest absolute Gasteiger partial charge is 0.229 e. The first-order valence-corrected chi connectivity index (χ1v) is 12.4. The van der Waals surface area contributed by atoms with Crippen molar-refractivity contribution in [1.29, 1.82) is 0 Å². The maximum absolute atomic E-state index is 11.5. The molecule has 4 N–H and O–H groups in total. The Kier molecular flexibility index (Phi) is 8.71. The fourth-order valence-electron chi connectivity index (χ4n) is 4.45.